The van der Waals surface area contributed by atoms with Gasteiger partial charge in [0, 0.05) is 11.9 Å². The van der Waals surface area contributed by atoms with E-state index in [-0.39, 0.29) is 11.8 Å². The lowest BCUT2D eigenvalue weighted by Crippen LogP contribution is -2.38. The zero-order valence-electron chi connectivity index (χ0n) is 16.5. The van der Waals surface area contributed by atoms with Crippen molar-refractivity contribution >= 4 is 16.9 Å². The van der Waals surface area contributed by atoms with Crippen LogP contribution in [-0.2, 0) is 6.54 Å². The van der Waals surface area contributed by atoms with Gasteiger partial charge in [-0.05, 0) is 50.6 Å². The molecule has 3 N–H and O–H groups in total. The average molecular weight is 381 g/mol. The summed E-state index contributed by atoms with van der Waals surface area (Å²) >= 11 is 0. The molecule has 28 heavy (non-hydrogen) atoms. The van der Waals surface area contributed by atoms with Crippen LogP contribution < -0.4 is 15.4 Å². The van der Waals surface area contributed by atoms with Gasteiger partial charge in [-0.3, -0.25) is 0 Å². The van der Waals surface area contributed by atoms with Crippen molar-refractivity contribution in [3.63, 3.8) is 0 Å². The number of fused-ring (bicyclic) bond motifs is 1. The van der Waals surface area contributed by atoms with E-state index >= 15 is 0 Å². The molecule has 3 rings (SSSR count). The van der Waals surface area contributed by atoms with Crippen molar-refractivity contribution in [2.24, 2.45) is 4.99 Å². The third-order valence-electron chi connectivity index (χ3n) is 4.31. The first-order valence-electron chi connectivity index (χ1n) is 9.58. The summed E-state index contributed by atoms with van der Waals surface area (Å²) in [7, 11) is 0. The van der Waals surface area contributed by atoms with Gasteiger partial charge in [0.05, 0.1) is 19.2 Å². The quantitative estimate of drug-likeness (QED) is 0.419. The fourth-order valence-electron chi connectivity index (χ4n) is 2.91. The molecular formula is C22H27N3O3. The van der Waals surface area contributed by atoms with E-state index in [9.17, 15) is 5.11 Å². The van der Waals surface area contributed by atoms with Gasteiger partial charge in [-0.25, -0.2) is 4.99 Å². The zero-order valence-corrected chi connectivity index (χ0v) is 16.5. The Balaban J connectivity index is 1.72. The van der Waals surface area contributed by atoms with Crippen LogP contribution in [0.4, 0.5) is 0 Å². The molecule has 0 amide bonds. The number of nitrogens with zero attached hydrogens (tertiary/aromatic N) is 1. The second-order valence-electron chi connectivity index (χ2n) is 6.48. The smallest absolute Gasteiger partial charge is 0.192 e. The van der Waals surface area contributed by atoms with Crippen LogP contribution in [0.15, 0.2) is 57.9 Å². The molecule has 2 aromatic carbocycles. The van der Waals surface area contributed by atoms with E-state index in [2.05, 4.69) is 15.6 Å². The molecule has 1 heterocycles. The van der Waals surface area contributed by atoms with Crippen LogP contribution in [-0.4, -0.2) is 24.2 Å². The second kappa shape index (κ2) is 9.17. The van der Waals surface area contributed by atoms with E-state index in [1.165, 1.54) is 0 Å². The molecule has 148 valence electrons. The lowest BCUT2D eigenvalue weighted by Gasteiger charge is -2.16. The van der Waals surface area contributed by atoms with E-state index < -0.39 is 0 Å². The summed E-state index contributed by atoms with van der Waals surface area (Å²) in [6, 6.07) is 15.3. The van der Waals surface area contributed by atoms with Crippen LogP contribution in [0, 0.1) is 0 Å². The minimum Gasteiger partial charge on any atom is -0.504 e. The first kappa shape index (κ1) is 19.6. The van der Waals surface area contributed by atoms with Crippen molar-refractivity contribution in [3.8, 4) is 11.5 Å². The molecular weight excluding hydrogens is 354 g/mol. The molecule has 6 heteroatoms. The molecule has 0 bridgehead atoms. The largest absolute Gasteiger partial charge is 0.504 e. The average Bonchev–Trinajstić information content (AvgIpc) is 3.13. The van der Waals surface area contributed by atoms with Gasteiger partial charge in [0.1, 0.15) is 11.3 Å². The predicted octanol–water partition coefficient (Wildman–Crippen LogP) is 4.35. The number of para-hydroxylation sites is 1. The van der Waals surface area contributed by atoms with E-state index in [4.69, 9.17) is 9.15 Å². The number of benzene rings is 2. The molecule has 1 atom stereocenters. The van der Waals surface area contributed by atoms with Gasteiger partial charge in [-0.1, -0.05) is 24.3 Å². The highest BCUT2D eigenvalue weighted by atomic mass is 16.5. The molecule has 3 aromatic rings. The SMILES string of the molecule is CCNC(=NCc1ccc(O)c(OCC)c1)NC(C)c1cc2ccccc2o1. The number of phenolic OH excluding ortho intramolecular Hbond substituents is 1. The number of ether oxygens (including phenoxy) is 1. The number of hydrogen-bond donors (Lipinski definition) is 3. The molecule has 0 aliphatic heterocycles. The van der Waals surface area contributed by atoms with E-state index in [0.29, 0.717) is 24.9 Å². The van der Waals surface area contributed by atoms with Gasteiger partial charge in [-0.15, -0.1) is 0 Å². The molecule has 0 saturated carbocycles. The van der Waals surface area contributed by atoms with Gasteiger partial charge in [0.2, 0.25) is 0 Å². The molecule has 1 aromatic heterocycles. The number of aliphatic imine (C=N–C) groups is 1. The fourth-order valence-corrected chi connectivity index (χ4v) is 2.91. The number of furan rings is 1. The predicted molar refractivity (Wildman–Crippen MR) is 112 cm³/mol. The highest BCUT2D eigenvalue weighted by Crippen LogP contribution is 2.27. The Kier molecular flexibility index (Phi) is 6.42. The number of aromatic hydroxyl groups is 1. The van der Waals surface area contributed by atoms with E-state index in [1.807, 2.05) is 63.2 Å². The zero-order chi connectivity index (χ0) is 19.9. The van der Waals surface area contributed by atoms with Gasteiger partial charge in [0.15, 0.2) is 17.5 Å². The van der Waals surface area contributed by atoms with Gasteiger partial charge < -0.3 is 24.9 Å². The number of nitrogens with one attached hydrogen (secondary N) is 2. The summed E-state index contributed by atoms with van der Waals surface area (Å²) in [4.78, 5) is 4.65. The van der Waals surface area contributed by atoms with Crippen LogP contribution >= 0.6 is 0 Å². The Morgan fingerprint density at radius 2 is 2.00 bits per heavy atom. The highest BCUT2D eigenvalue weighted by Gasteiger charge is 2.13. The van der Waals surface area contributed by atoms with Gasteiger partial charge in [0.25, 0.3) is 0 Å². The Bertz CT molecular complexity index is 916. The van der Waals surface area contributed by atoms with E-state index in [1.54, 1.807) is 6.07 Å². The van der Waals surface area contributed by atoms with Crippen LogP contribution in [0.3, 0.4) is 0 Å². The topological polar surface area (TPSA) is 79.0 Å². The fraction of sp³-hybridized carbons (Fsp3) is 0.318. The number of rotatable bonds is 7. The minimum absolute atomic E-state index is 0.0380. The molecule has 0 fully saturated rings. The number of phenols is 1. The molecule has 6 nitrogen and oxygen atoms in total. The summed E-state index contributed by atoms with van der Waals surface area (Å²) in [6.45, 7) is 7.66. The van der Waals surface area contributed by atoms with Gasteiger partial charge in [-0.2, -0.15) is 0 Å². The normalized spacial score (nSPS) is 12.8. The van der Waals surface area contributed by atoms with Crippen LogP contribution in [0.25, 0.3) is 11.0 Å². The van der Waals surface area contributed by atoms with Crippen molar-refractivity contribution in [2.45, 2.75) is 33.4 Å². The Labute approximate surface area is 165 Å². The lowest BCUT2D eigenvalue weighted by molar-refractivity contribution is 0.318. The maximum Gasteiger partial charge on any atom is 0.192 e. The summed E-state index contributed by atoms with van der Waals surface area (Å²) in [6.07, 6.45) is 0. The van der Waals surface area contributed by atoms with Crippen molar-refractivity contribution in [1.29, 1.82) is 0 Å². The minimum atomic E-state index is -0.0380. The third-order valence-corrected chi connectivity index (χ3v) is 4.31. The summed E-state index contributed by atoms with van der Waals surface area (Å²) in [5.74, 6) is 2.17. The summed E-state index contributed by atoms with van der Waals surface area (Å²) < 4.78 is 11.4. The van der Waals surface area contributed by atoms with Crippen molar-refractivity contribution < 1.29 is 14.3 Å². The standard InChI is InChI=1S/C22H27N3O3/c1-4-23-22(24-14-16-10-11-18(26)21(12-16)27-5-2)25-15(3)20-13-17-8-6-7-9-19(17)28-20/h6-13,15,26H,4-5,14H2,1-3H3,(H2,23,24,25). The van der Waals surface area contributed by atoms with E-state index in [0.717, 1.165) is 28.8 Å². The maximum absolute atomic E-state index is 9.84. The van der Waals surface area contributed by atoms with Crippen LogP contribution in [0.5, 0.6) is 11.5 Å². The molecule has 0 spiro atoms. The Morgan fingerprint density at radius 1 is 1.18 bits per heavy atom. The molecule has 0 radical (unpaired) electrons. The first-order chi connectivity index (χ1) is 13.6. The number of hydrogen-bond acceptors (Lipinski definition) is 4. The molecule has 0 saturated heterocycles. The molecule has 0 aliphatic rings. The third kappa shape index (κ3) is 4.76. The monoisotopic (exact) mass is 381 g/mol. The second-order valence-corrected chi connectivity index (χ2v) is 6.48. The Morgan fingerprint density at radius 3 is 2.75 bits per heavy atom. The molecule has 0 aliphatic carbocycles. The molecule has 1 unspecified atom stereocenters. The van der Waals surface area contributed by atoms with Crippen LogP contribution in [0.2, 0.25) is 0 Å². The first-order valence-corrected chi connectivity index (χ1v) is 9.58. The van der Waals surface area contributed by atoms with Crippen molar-refractivity contribution in [2.75, 3.05) is 13.2 Å². The lowest BCUT2D eigenvalue weighted by atomic mass is 10.2. The highest BCUT2D eigenvalue weighted by molar-refractivity contribution is 5.81. The van der Waals surface area contributed by atoms with Gasteiger partial charge >= 0.3 is 0 Å². The van der Waals surface area contributed by atoms with Crippen molar-refractivity contribution in [1.82, 2.24) is 10.6 Å². The maximum atomic E-state index is 9.84. The van der Waals surface area contributed by atoms with Crippen LogP contribution in [0.1, 0.15) is 38.1 Å². The summed E-state index contributed by atoms with van der Waals surface area (Å²) in [5.41, 5.74) is 1.83. The summed E-state index contributed by atoms with van der Waals surface area (Å²) in [5, 5.41) is 17.6. The number of guanidine groups is 1. The van der Waals surface area contributed by atoms with Crippen molar-refractivity contribution in [3.05, 3.63) is 59.9 Å². The Hall–Kier alpha value is -3.15.